The molecule has 5 heterocycles. The lowest BCUT2D eigenvalue weighted by atomic mass is 10.1. The first kappa shape index (κ1) is 21.5. The zero-order valence-electron chi connectivity index (χ0n) is 19.1. The second-order valence-corrected chi connectivity index (χ2v) is 8.18. The highest BCUT2D eigenvalue weighted by Crippen LogP contribution is 2.31. The van der Waals surface area contributed by atoms with Gasteiger partial charge in [0.25, 0.3) is 0 Å². The first-order valence-corrected chi connectivity index (χ1v) is 11.3. The number of hydrogen-bond donors (Lipinski definition) is 3. The Bertz CT molecular complexity index is 1740. The molecule has 0 spiro atoms. The van der Waals surface area contributed by atoms with Crippen molar-refractivity contribution in [3.63, 3.8) is 0 Å². The Morgan fingerprint density at radius 1 is 0.944 bits per heavy atom. The van der Waals surface area contributed by atoms with Crippen molar-refractivity contribution in [1.29, 1.82) is 0 Å². The molecule has 0 unspecified atom stereocenters. The summed E-state index contributed by atoms with van der Waals surface area (Å²) in [5.41, 5.74) is 6.78. The van der Waals surface area contributed by atoms with E-state index in [1.807, 2.05) is 24.3 Å². The van der Waals surface area contributed by atoms with E-state index in [2.05, 4.69) is 30.5 Å². The highest BCUT2D eigenvalue weighted by molar-refractivity contribution is 5.95. The third kappa shape index (κ3) is 3.84. The number of nitrogens with zero attached hydrogens (tertiary/aromatic N) is 5. The lowest BCUT2D eigenvalue weighted by Crippen LogP contribution is -2.09. The second kappa shape index (κ2) is 8.66. The number of benzene rings is 1. The number of pyridine rings is 3. The minimum Gasteiger partial charge on any atom is -0.336 e. The van der Waals surface area contributed by atoms with Gasteiger partial charge in [-0.1, -0.05) is 6.92 Å². The van der Waals surface area contributed by atoms with Crippen LogP contribution in [0.3, 0.4) is 0 Å². The number of aromatic nitrogens is 7. The molecule has 1 amide bonds. The average molecular weight is 478 g/mol. The minimum absolute atomic E-state index is 0.0890. The van der Waals surface area contributed by atoms with Crippen molar-refractivity contribution in [3.8, 4) is 34.0 Å². The molecule has 6 aromatic rings. The minimum atomic E-state index is -0.313. The Balaban J connectivity index is 1.42. The number of halogens is 1. The third-order valence-electron chi connectivity index (χ3n) is 5.79. The van der Waals surface area contributed by atoms with Crippen LogP contribution in [-0.4, -0.2) is 41.0 Å². The van der Waals surface area contributed by atoms with Crippen molar-refractivity contribution in [2.24, 2.45) is 0 Å². The quantitative estimate of drug-likeness (QED) is 0.316. The van der Waals surface area contributed by atoms with Gasteiger partial charge in [-0.25, -0.2) is 14.4 Å². The Morgan fingerprint density at radius 3 is 2.61 bits per heavy atom. The average Bonchev–Trinajstić information content (AvgIpc) is 3.53. The maximum absolute atomic E-state index is 13.4. The zero-order valence-corrected chi connectivity index (χ0v) is 19.1. The van der Waals surface area contributed by atoms with Crippen molar-refractivity contribution in [2.75, 3.05) is 5.32 Å². The summed E-state index contributed by atoms with van der Waals surface area (Å²) in [6, 6.07) is 13.6. The Labute approximate surface area is 203 Å². The van der Waals surface area contributed by atoms with Gasteiger partial charge in [-0.3, -0.25) is 19.9 Å². The van der Waals surface area contributed by atoms with Gasteiger partial charge >= 0.3 is 0 Å². The van der Waals surface area contributed by atoms with E-state index in [-0.39, 0.29) is 11.7 Å². The molecule has 0 aliphatic rings. The van der Waals surface area contributed by atoms with Crippen LogP contribution in [0.15, 0.2) is 67.1 Å². The maximum atomic E-state index is 13.4. The van der Waals surface area contributed by atoms with Crippen LogP contribution in [0.4, 0.5) is 10.1 Å². The smallest absolute Gasteiger partial charge is 0.224 e. The van der Waals surface area contributed by atoms with Gasteiger partial charge in [-0.15, -0.1) is 0 Å². The van der Waals surface area contributed by atoms with E-state index in [1.165, 1.54) is 12.1 Å². The van der Waals surface area contributed by atoms with E-state index in [0.717, 1.165) is 22.2 Å². The number of nitrogens with one attached hydrogen (secondary N) is 3. The van der Waals surface area contributed by atoms with Crippen molar-refractivity contribution in [2.45, 2.75) is 13.3 Å². The van der Waals surface area contributed by atoms with E-state index in [0.29, 0.717) is 46.0 Å². The number of anilines is 1. The molecule has 176 valence electrons. The van der Waals surface area contributed by atoms with Gasteiger partial charge in [0.05, 0.1) is 34.3 Å². The molecule has 0 saturated carbocycles. The van der Waals surface area contributed by atoms with E-state index >= 15 is 0 Å². The third-order valence-corrected chi connectivity index (χ3v) is 5.79. The van der Waals surface area contributed by atoms with Crippen LogP contribution in [0.1, 0.15) is 13.3 Å². The van der Waals surface area contributed by atoms with E-state index < -0.39 is 0 Å². The molecule has 6 rings (SSSR count). The van der Waals surface area contributed by atoms with Crippen LogP contribution in [0, 0.1) is 5.82 Å². The number of hydrogen-bond acceptors (Lipinski definition) is 6. The molecular formula is C26H19FN8O. The number of imidazole rings is 1. The van der Waals surface area contributed by atoms with Crippen LogP contribution in [0.5, 0.6) is 0 Å². The predicted molar refractivity (Wildman–Crippen MR) is 134 cm³/mol. The van der Waals surface area contributed by atoms with Crippen LogP contribution in [0.25, 0.3) is 56.1 Å². The molecule has 10 heteroatoms. The fourth-order valence-corrected chi connectivity index (χ4v) is 3.99. The number of fused-ring (bicyclic) bond motifs is 2. The molecule has 0 aliphatic heterocycles. The lowest BCUT2D eigenvalue weighted by Gasteiger charge is -2.06. The lowest BCUT2D eigenvalue weighted by molar-refractivity contribution is -0.115. The molecule has 0 atom stereocenters. The molecule has 36 heavy (non-hydrogen) atoms. The van der Waals surface area contributed by atoms with Crippen molar-refractivity contribution >= 4 is 33.7 Å². The highest BCUT2D eigenvalue weighted by Gasteiger charge is 2.17. The maximum Gasteiger partial charge on any atom is 0.224 e. The fourth-order valence-electron chi connectivity index (χ4n) is 3.99. The molecule has 0 fully saturated rings. The summed E-state index contributed by atoms with van der Waals surface area (Å²) in [5.74, 6) is 0.125. The van der Waals surface area contributed by atoms with Crippen LogP contribution < -0.4 is 5.32 Å². The molecule has 0 bridgehead atoms. The van der Waals surface area contributed by atoms with Crippen LogP contribution in [0.2, 0.25) is 0 Å². The SMILES string of the molecule is CCC(=O)Nc1cncc(-c2ccc3[nH]nc(-c4nc5c(-c6ccc(F)cc6)nccc5[nH]4)c3n2)c1. The Morgan fingerprint density at radius 2 is 1.78 bits per heavy atom. The first-order valence-electron chi connectivity index (χ1n) is 11.3. The molecule has 0 saturated heterocycles. The molecule has 3 N–H and O–H groups in total. The largest absolute Gasteiger partial charge is 0.336 e. The first-order chi connectivity index (χ1) is 17.6. The number of aromatic amines is 2. The zero-order chi connectivity index (χ0) is 24.6. The summed E-state index contributed by atoms with van der Waals surface area (Å²) in [6.07, 6.45) is 5.35. The Hall–Kier alpha value is -4.99. The van der Waals surface area contributed by atoms with Gasteiger partial charge < -0.3 is 10.3 Å². The van der Waals surface area contributed by atoms with Crippen molar-refractivity contribution < 1.29 is 9.18 Å². The number of rotatable bonds is 5. The van der Waals surface area contributed by atoms with Gasteiger partial charge in [0.2, 0.25) is 5.91 Å². The van der Waals surface area contributed by atoms with Gasteiger partial charge in [0.1, 0.15) is 16.9 Å². The van der Waals surface area contributed by atoms with Gasteiger partial charge in [0, 0.05) is 29.9 Å². The number of carbonyl (C=O) groups is 1. The summed E-state index contributed by atoms with van der Waals surface area (Å²) in [7, 11) is 0. The van der Waals surface area contributed by atoms with Crippen LogP contribution in [-0.2, 0) is 4.79 Å². The fraction of sp³-hybridized carbons (Fsp3) is 0.0769. The molecular weight excluding hydrogens is 459 g/mol. The van der Waals surface area contributed by atoms with Gasteiger partial charge in [-0.05, 0) is 48.5 Å². The molecule has 0 radical (unpaired) electrons. The van der Waals surface area contributed by atoms with Gasteiger partial charge in [-0.2, -0.15) is 5.10 Å². The Kier molecular flexibility index (Phi) is 5.18. The second-order valence-electron chi connectivity index (χ2n) is 8.18. The normalized spacial score (nSPS) is 11.3. The number of amides is 1. The summed E-state index contributed by atoms with van der Waals surface area (Å²) in [5, 5.41) is 10.3. The summed E-state index contributed by atoms with van der Waals surface area (Å²) < 4.78 is 13.4. The number of carbonyl (C=O) groups excluding carboxylic acids is 1. The van der Waals surface area contributed by atoms with Crippen LogP contribution >= 0.6 is 0 Å². The van der Waals surface area contributed by atoms with Crippen molar-refractivity contribution in [1.82, 2.24) is 35.1 Å². The summed E-state index contributed by atoms with van der Waals surface area (Å²) in [6.45, 7) is 1.79. The summed E-state index contributed by atoms with van der Waals surface area (Å²) in [4.78, 5) is 33.4. The standard InChI is InChI=1S/C26H19FN8O/c1-2-21(36)30-17-11-15(12-28-13-17)18-7-8-20-24(31-18)25(35-34-20)26-32-19-9-10-29-22(23(19)33-26)14-3-5-16(27)6-4-14/h3-13H,2H2,1H3,(H,30,36)(H,32,33)(H,34,35). The predicted octanol–water partition coefficient (Wildman–Crippen LogP) is 5.11. The molecule has 9 nitrogen and oxygen atoms in total. The van der Waals surface area contributed by atoms with Crippen molar-refractivity contribution in [3.05, 3.63) is 72.9 Å². The van der Waals surface area contributed by atoms with E-state index in [1.54, 1.807) is 37.6 Å². The van der Waals surface area contributed by atoms with E-state index in [4.69, 9.17) is 9.97 Å². The topological polar surface area (TPSA) is 125 Å². The molecule has 1 aromatic carbocycles. The highest BCUT2D eigenvalue weighted by atomic mass is 19.1. The van der Waals surface area contributed by atoms with E-state index in [9.17, 15) is 9.18 Å². The number of H-pyrrole nitrogens is 2. The molecule has 0 aliphatic carbocycles. The van der Waals surface area contributed by atoms with Gasteiger partial charge in [0.15, 0.2) is 11.5 Å². The summed E-state index contributed by atoms with van der Waals surface area (Å²) >= 11 is 0. The monoisotopic (exact) mass is 478 g/mol. The molecule has 5 aromatic heterocycles.